The molecule has 1 aromatic heterocycles. The quantitative estimate of drug-likeness (QED) is 0.217. The Kier molecular flexibility index (Phi) is 6.93. The molecule has 0 saturated carbocycles. The Balaban J connectivity index is 1.54. The van der Waals surface area contributed by atoms with E-state index in [9.17, 15) is 4.79 Å². The summed E-state index contributed by atoms with van der Waals surface area (Å²) in [6.07, 6.45) is 1.55. The van der Waals surface area contributed by atoms with Gasteiger partial charge in [0.25, 0.3) is 5.95 Å². The summed E-state index contributed by atoms with van der Waals surface area (Å²) in [6, 6.07) is 14.4. The highest BCUT2D eigenvalue weighted by Gasteiger charge is 2.12. The summed E-state index contributed by atoms with van der Waals surface area (Å²) < 4.78 is 6.35. The van der Waals surface area contributed by atoms with Gasteiger partial charge in [-0.05, 0) is 18.2 Å². The lowest BCUT2D eigenvalue weighted by Crippen LogP contribution is -2.16. The first kappa shape index (κ1) is 20.5. The molecule has 29 heavy (non-hydrogen) atoms. The number of rotatable bonds is 8. The number of anilines is 2. The van der Waals surface area contributed by atoms with Crippen LogP contribution in [0.5, 0.6) is 5.75 Å². The van der Waals surface area contributed by atoms with Crippen molar-refractivity contribution in [3.8, 4) is 5.75 Å². The Morgan fingerprint density at radius 2 is 2.14 bits per heavy atom. The lowest BCUT2D eigenvalue weighted by molar-refractivity contribution is -0.113. The van der Waals surface area contributed by atoms with Crippen LogP contribution in [0, 0.1) is 0 Å². The third kappa shape index (κ3) is 5.62. The molecule has 3 aromatic rings. The van der Waals surface area contributed by atoms with Crippen LogP contribution in [-0.2, 0) is 4.79 Å². The molecular formula is C18H18ClN7O2S. The van der Waals surface area contributed by atoms with Gasteiger partial charge in [0.15, 0.2) is 0 Å². The van der Waals surface area contributed by atoms with Crippen LogP contribution in [0.1, 0.15) is 5.56 Å². The maximum absolute atomic E-state index is 12.1. The van der Waals surface area contributed by atoms with Gasteiger partial charge in [-0.2, -0.15) is 5.10 Å². The molecule has 0 atom stereocenters. The van der Waals surface area contributed by atoms with E-state index in [-0.39, 0.29) is 17.6 Å². The number of methoxy groups -OCH3 is 1. The van der Waals surface area contributed by atoms with Gasteiger partial charge >= 0.3 is 0 Å². The Morgan fingerprint density at radius 1 is 1.31 bits per heavy atom. The van der Waals surface area contributed by atoms with Crippen molar-refractivity contribution >= 4 is 47.1 Å². The molecule has 1 amide bonds. The van der Waals surface area contributed by atoms with E-state index in [1.807, 2.05) is 18.2 Å². The average Bonchev–Trinajstić information content (AvgIpc) is 3.07. The van der Waals surface area contributed by atoms with Crippen molar-refractivity contribution < 1.29 is 9.53 Å². The van der Waals surface area contributed by atoms with Crippen LogP contribution < -0.4 is 21.3 Å². The van der Waals surface area contributed by atoms with Crippen LogP contribution in [0.15, 0.2) is 58.8 Å². The number of nitrogens with one attached hydrogen (secondary N) is 2. The number of ether oxygens (including phenoxy) is 1. The highest BCUT2D eigenvalue weighted by molar-refractivity contribution is 7.99. The smallest absolute Gasteiger partial charge is 0.264 e. The zero-order valence-electron chi connectivity index (χ0n) is 15.4. The van der Waals surface area contributed by atoms with Crippen LogP contribution in [0.2, 0.25) is 5.02 Å². The molecule has 0 aliphatic heterocycles. The van der Waals surface area contributed by atoms with Crippen molar-refractivity contribution in [2.24, 2.45) is 5.10 Å². The molecule has 2 aromatic carbocycles. The van der Waals surface area contributed by atoms with Gasteiger partial charge in [-0.15, -0.1) is 10.2 Å². The second-order valence-corrected chi connectivity index (χ2v) is 6.99. The van der Waals surface area contributed by atoms with Crippen molar-refractivity contribution in [3.63, 3.8) is 0 Å². The van der Waals surface area contributed by atoms with Crippen LogP contribution in [-0.4, -0.2) is 39.9 Å². The number of carbonyl (C=O) groups excluding carboxylic acids is 1. The molecule has 150 valence electrons. The first-order valence-electron chi connectivity index (χ1n) is 8.37. The summed E-state index contributed by atoms with van der Waals surface area (Å²) >= 11 is 7.21. The second kappa shape index (κ2) is 9.80. The number of halogens is 1. The number of amides is 1. The van der Waals surface area contributed by atoms with Crippen molar-refractivity contribution in [3.05, 3.63) is 59.1 Å². The fraction of sp³-hybridized carbons (Fsp3) is 0.111. The van der Waals surface area contributed by atoms with Crippen molar-refractivity contribution in [2.45, 2.75) is 5.16 Å². The third-order valence-electron chi connectivity index (χ3n) is 3.62. The summed E-state index contributed by atoms with van der Waals surface area (Å²) in [5.74, 6) is 6.73. The lowest BCUT2D eigenvalue weighted by Gasteiger charge is -2.07. The molecule has 0 unspecified atom stereocenters. The van der Waals surface area contributed by atoms with E-state index in [2.05, 4.69) is 26.0 Å². The summed E-state index contributed by atoms with van der Waals surface area (Å²) in [7, 11) is 1.56. The first-order valence-corrected chi connectivity index (χ1v) is 9.74. The lowest BCUT2D eigenvalue weighted by atomic mass is 10.2. The van der Waals surface area contributed by atoms with Crippen molar-refractivity contribution in [1.29, 1.82) is 0 Å². The minimum absolute atomic E-state index is 0.107. The fourth-order valence-corrected chi connectivity index (χ4v) is 3.06. The first-order chi connectivity index (χ1) is 14.1. The van der Waals surface area contributed by atoms with Crippen LogP contribution in [0.3, 0.4) is 0 Å². The van der Waals surface area contributed by atoms with E-state index in [0.717, 1.165) is 17.3 Å². The highest BCUT2D eigenvalue weighted by atomic mass is 35.5. The van der Waals surface area contributed by atoms with E-state index in [1.54, 1.807) is 43.7 Å². The Morgan fingerprint density at radius 3 is 2.93 bits per heavy atom. The van der Waals surface area contributed by atoms with Gasteiger partial charge in [0.05, 0.1) is 19.1 Å². The van der Waals surface area contributed by atoms with Gasteiger partial charge in [0.1, 0.15) is 5.75 Å². The zero-order valence-corrected chi connectivity index (χ0v) is 16.9. The number of nitrogen functional groups attached to an aromatic ring is 1. The fourth-order valence-electron chi connectivity index (χ4n) is 2.22. The predicted molar refractivity (Wildman–Crippen MR) is 115 cm³/mol. The van der Waals surface area contributed by atoms with Gasteiger partial charge in [0.2, 0.25) is 11.1 Å². The van der Waals surface area contributed by atoms with E-state index in [1.165, 1.54) is 4.68 Å². The van der Waals surface area contributed by atoms with Gasteiger partial charge < -0.3 is 15.9 Å². The SMILES string of the molecule is COc1cccc(NC(=O)CSc2nnc(N/N=C/c3ccccc3Cl)n2N)c1. The Hall–Kier alpha value is -3.24. The Labute approximate surface area is 176 Å². The number of hydrazone groups is 1. The third-order valence-corrected chi connectivity index (χ3v) is 4.91. The van der Waals surface area contributed by atoms with Gasteiger partial charge in [-0.1, -0.05) is 47.6 Å². The number of hydrogen-bond donors (Lipinski definition) is 3. The molecule has 0 radical (unpaired) electrons. The number of aromatic nitrogens is 3. The minimum atomic E-state index is -0.211. The molecule has 1 heterocycles. The maximum atomic E-state index is 12.1. The van der Waals surface area contributed by atoms with Crippen LogP contribution >= 0.6 is 23.4 Å². The summed E-state index contributed by atoms with van der Waals surface area (Å²) in [4.78, 5) is 12.1. The van der Waals surface area contributed by atoms with Crippen LogP contribution in [0.25, 0.3) is 0 Å². The number of carbonyl (C=O) groups is 1. The molecule has 0 spiro atoms. The second-order valence-electron chi connectivity index (χ2n) is 5.64. The molecule has 11 heteroatoms. The molecule has 0 saturated heterocycles. The van der Waals surface area contributed by atoms with Crippen molar-refractivity contribution in [1.82, 2.24) is 14.9 Å². The van der Waals surface area contributed by atoms with E-state index < -0.39 is 0 Å². The zero-order chi connectivity index (χ0) is 20.6. The molecule has 3 rings (SSSR count). The van der Waals surface area contributed by atoms with Crippen LogP contribution in [0.4, 0.5) is 11.6 Å². The van der Waals surface area contributed by atoms with Gasteiger partial charge in [0, 0.05) is 22.3 Å². The van der Waals surface area contributed by atoms with Gasteiger partial charge in [-0.25, -0.2) is 10.1 Å². The summed E-state index contributed by atoms with van der Waals surface area (Å²) in [5, 5.41) is 15.6. The molecule has 0 fully saturated rings. The van der Waals surface area contributed by atoms with E-state index >= 15 is 0 Å². The standard InChI is InChI=1S/C18H18ClN7O2S/c1-28-14-7-4-6-13(9-14)22-16(27)11-29-18-25-24-17(26(18)20)23-21-10-12-5-2-3-8-15(12)19/h2-10H,11,20H2,1H3,(H,22,27)(H,23,24)/b21-10+. The molecular weight excluding hydrogens is 414 g/mol. The maximum Gasteiger partial charge on any atom is 0.264 e. The van der Waals surface area contributed by atoms with Crippen molar-refractivity contribution in [2.75, 3.05) is 29.4 Å². The average molecular weight is 432 g/mol. The minimum Gasteiger partial charge on any atom is -0.497 e. The summed E-state index contributed by atoms with van der Waals surface area (Å²) in [6.45, 7) is 0. The number of nitrogens with two attached hydrogens (primary N) is 1. The number of hydrogen-bond acceptors (Lipinski definition) is 8. The molecule has 9 nitrogen and oxygen atoms in total. The topological polar surface area (TPSA) is 119 Å². The predicted octanol–water partition coefficient (Wildman–Crippen LogP) is 2.83. The summed E-state index contributed by atoms with van der Waals surface area (Å²) in [5.41, 5.74) is 4.08. The molecule has 0 bridgehead atoms. The van der Waals surface area contributed by atoms with E-state index in [0.29, 0.717) is 21.6 Å². The monoisotopic (exact) mass is 431 g/mol. The highest BCUT2D eigenvalue weighted by Crippen LogP contribution is 2.19. The van der Waals surface area contributed by atoms with E-state index in [4.69, 9.17) is 22.2 Å². The molecule has 0 aliphatic rings. The number of benzene rings is 2. The largest absolute Gasteiger partial charge is 0.497 e. The molecule has 0 aliphatic carbocycles. The number of nitrogens with zero attached hydrogens (tertiary/aromatic N) is 4. The normalized spacial score (nSPS) is 10.8. The molecule has 4 N–H and O–H groups in total. The Bertz CT molecular complexity index is 1020. The number of thioether (sulfide) groups is 1. The van der Waals surface area contributed by atoms with Gasteiger partial charge in [-0.3, -0.25) is 4.79 Å².